The Morgan fingerprint density at radius 1 is 1.22 bits per heavy atom. The van der Waals surface area contributed by atoms with Gasteiger partial charge in [-0.05, 0) is 47.7 Å². The molecule has 3 aromatic rings. The van der Waals surface area contributed by atoms with E-state index >= 15 is 0 Å². The van der Waals surface area contributed by atoms with E-state index in [1.165, 1.54) is 17.4 Å². The van der Waals surface area contributed by atoms with E-state index in [1.54, 1.807) is 36.9 Å². The zero-order valence-corrected chi connectivity index (χ0v) is 18.1. The molecule has 2 amide bonds. The number of anilines is 2. The van der Waals surface area contributed by atoms with Gasteiger partial charge in [0, 0.05) is 48.7 Å². The van der Waals surface area contributed by atoms with Crippen LogP contribution in [0, 0.1) is 0 Å². The fourth-order valence-corrected chi connectivity index (χ4v) is 4.68. The van der Waals surface area contributed by atoms with Crippen molar-refractivity contribution < 1.29 is 14.3 Å². The zero-order chi connectivity index (χ0) is 22.3. The lowest BCUT2D eigenvalue weighted by Crippen LogP contribution is -2.31. The number of rotatable bonds is 6. The minimum atomic E-state index is -0.458. The highest BCUT2D eigenvalue weighted by Crippen LogP contribution is 2.40. The molecular formula is C23H23N5O3S. The second-order valence-corrected chi connectivity index (χ2v) is 8.45. The molecule has 4 rings (SSSR count). The minimum Gasteiger partial charge on any atom is -0.446 e. The maximum absolute atomic E-state index is 12.3. The number of aromatic nitrogens is 2. The average molecular weight is 450 g/mol. The molecule has 4 N–H and O–H groups in total. The topological polar surface area (TPSA) is 119 Å². The van der Waals surface area contributed by atoms with Crippen molar-refractivity contribution in [1.29, 1.82) is 0 Å². The third-order valence-corrected chi connectivity index (χ3v) is 6.23. The number of thiophene rings is 1. The normalized spacial score (nSPS) is 15.2. The highest BCUT2D eigenvalue weighted by Gasteiger charge is 2.27. The summed E-state index contributed by atoms with van der Waals surface area (Å²) in [6.07, 6.45) is 11.1. The van der Waals surface area contributed by atoms with Crippen LogP contribution in [0.2, 0.25) is 0 Å². The second-order valence-electron chi connectivity index (χ2n) is 7.34. The molecule has 1 aliphatic rings. The number of nitrogen functional groups attached to an aromatic ring is 1. The molecule has 0 bridgehead atoms. The third kappa shape index (κ3) is 5.50. The predicted molar refractivity (Wildman–Crippen MR) is 124 cm³/mol. The molecule has 0 aromatic carbocycles. The summed E-state index contributed by atoms with van der Waals surface area (Å²) in [6, 6.07) is 7.37. The predicted octanol–water partition coefficient (Wildman–Crippen LogP) is 3.56. The van der Waals surface area contributed by atoms with E-state index in [0.717, 1.165) is 21.6 Å². The van der Waals surface area contributed by atoms with Crippen molar-refractivity contribution >= 4 is 40.1 Å². The third-order valence-electron chi connectivity index (χ3n) is 5.04. The maximum Gasteiger partial charge on any atom is 0.407 e. The monoisotopic (exact) mass is 449 g/mol. The van der Waals surface area contributed by atoms with Crippen LogP contribution in [-0.2, 0) is 28.9 Å². The summed E-state index contributed by atoms with van der Waals surface area (Å²) in [7, 11) is 0. The van der Waals surface area contributed by atoms with Crippen molar-refractivity contribution in [3.8, 4) is 0 Å². The molecule has 0 radical (unpaired) electrons. The minimum absolute atomic E-state index is 0.233. The van der Waals surface area contributed by atoms with Crippen molar-refractivity contribution in [1.82, 2.24) is 15.3 Å². The average Bonchev–Trinajstić information content (AvgIpc) is 3.12. The first-order valence-corrected chi connectivity index (χ1v) is 11.0. The molecule has 0 fully saturated rings. The number of amides is 2. The zero-order valence-electron chi connectivity index (χ0n) is 17.3. The Morgan fingerprint density at radius 3 is 2.78 bits per heavy atom. The molecule has 0 aliphatic heterocycles. The molecule has 0 saturated heterocycles. The number of carbonyl (C=O) groups is 2. The van der Waals surface area contributed by atoms with E-state index in [4.69, 9.17) is 10.5 Å². The first kappa shape index (κ1) is 21.5. The molecule has 32 heavy (non-hydrogen) atoms. The van der Waals surface area contributed by atoms with E-state index in [0.29, 0.717) is 36.5 Å². The van der Waals surface area contributed by atoms with Gasteiger partial charge in [-0.1, -0.05) is 12.1 Å². The van der Waals surface area contributed by atoms with Gasteiger partial charge in [-0.2, -0.15) is 0 Å². The van der Waals surface area contributed by atoms with Crippen LogP contribution in [0.15, 0.2) is 55.1 Å². The van der Waals surface area contributed by atoms with Crippen LogP contribution >= 0.6 is 11.3 Å². The number of hydrogen-bond donors (Lipinski definition) is 3. The Kier molecular flexibility index (Phi) is 6.76. The molecule has 164 valence electrons. The summed E-state index contributed by atoms with van der Waals surface area (Å²) >= 11 is 1.43. The highest BCUT2D eigenvalue weighted by molar-refractivity contribution is 7.17. The molecule has 3 aromatic heterocycles. The standard InChI is InChI=1S/C23H23N5O3S/c24-21-18-7-6-17(31-23(30)27-14-16-4-2-10-26-13-16)11-19(18)32-22(21)28-20(29)8-5-15-3-1-9-25-12-15/h1-5,8-10,12-13,17H,6-7,11,14,24H2,(H,27,30)(H,28,29)/b8-5+. The molecule has 8 nitrogen and oxygen atoms in total. The second kappa shape index (κ2) is 10.1. The van der Waals surface area contributed by atoms with Crippen LogP contribution in [0.1, 0.15) is 28.0 Å². The number of pyridine rings is 2. The first-order chi connectivity index (χ1) is 15.6. The largest absolute Gasteiger partial charge is 0.446 e. The Balaban J connectivity index is 1.32. The Hall–Kier alpha value is -3.72. The van der Waals surface area contributed by atoms with Gasteiger partial charge < -0.3 is 21.1 Å². The number of ether oxygens (including phenoxy) is 1. The van der Waals surface area contributed by atoms with Gasteiger partial charge in [0.25, 0.3) is 0 Å². The number of fused-ring (bicyclic) bond motifs is 1. The van der Waals surface area contributed by atoms with Crippen LogP contribution in [0.3, 0.4) is 0 Å². The SMILES string of the molecule is Nc1c(NC(=O)/C=C/c2cccnc2)sc2c1CCC(OC(=O)NCc1cccnc1)C2. The van der Waals surface area contributed by atoms with Crippen LogP contribution in [0.5, 0.6) is 0 Å². The number of hydrogen-bond acceptors (Lipinski definition) is 7. The van der Waals surface area contributed by atoms with E-state index in [-0.39, 0.29) is 12.0 Å². The van der Waals surface area contributed by atoms with E-state index in [1.807, 2.05) is 18.2 Å². The number of alkyl carbamates (subject to hydrolysis) is 1. The first-order valence-electron chi connectivity index (χ1n) is 10.2. The van der Waals surface area contributed by atoms with Crippen LogP contribution in [0.25, 0.3) is 6.08 Å². The van der Waals surface area contributed by atoms with Crippen LogP contribution in [-0.4, -0.2) is 28.1 Å². The molecule has 9 heteroatoms. The molecule has 1 atom stereocenters. The van der Waals surface area contributed by atoms with E-state index in [9.17, 15) is 9.59 Å². The Labute approximate surface area is 189 Å². The smallest absolute Gasteiger partial charge is 0.407 e. The summed E-state index contributed by atoms with van der Waals surface area (Å²) < 4.78 is 5.58. The maximum atomic E-state index is 12.3. The number of nitrogens with zero attached hydrogens (tertiary/aromatic N) is 2. The van der Waals surface area contributed by atoms with Crippen molar-refractivity contribution in [3.63, 3.8) is 0 Å². The van der Waals surface area contributed by atoms with Gasteiger partial charge in [0.1, 0.15) is 11.1 Å². The molecule has 1 aliphatic carbocycles. The van der Waals surface area contributed by atoms with Gasteiger partial charge in [-0.3, -0.25) is 14.8 Å². The van der Waals surface area contributed by atoms with Gasteiger partial charge in [-0.15, -0.1) is 11.3 Å². The molecular weight excluding hydrogens is 426 g/mol. The van der Waals surface area contributed by atoms with Crippen molar-refractivity contribution in [2.45, 2.75) is 31.9 Å². The summed E-state index contributed by atoms with van der Waals surface area (Å²) in [4.78, 5) is 33.5. The lowest BCUT2D eigenvalue weighted by atomic mass is 9.95. The summed E-state index contributed by atoms with van der Waals surface area (Å²) in [6.45, 7) is 0.360. The molecule has 0 spiro atoms. The number of nitrogens with one attached hydrogen (secondary N) is 2. The summed E-state index contributed by atoms with van der Waals surface area (Å²) in [5.74, 6) is -0.262. The van der Waals surface area contributed by atoms with Crippen molar-refractivity contribution in [2.75, 3.05) is 11.1 Å². The van der Waals surface area contributed by atoms with E-state index in [2.05, 4.69) is 20.6 Å². The van der Waals surface area contributed by atoms with Gasteiger partial charge in [-0.25, -0.2) is 4.79 Å². The lowest BCUT2D eigenvalue weighted by molar-refractivity contribution is -0.111. The van der Waals surface area contributed by atoms with E-state index < -0.39 is 6.09 Å². The Morgan fingerprint density at radius 2 is 2.03 bits per heavy atom. The van der Waals surface area contributed by atoms with Crippen molar-refractivity contribution in [2.24, 2.45) is 0 Å². The van der Waals surface area contributed by atoms with Gasteiger partial charge in [0.15, 0.2) is 0 Å². The van der Waals surface area contributed by atoms with Gasteiger partial charge in [0.2, 0.25) is 5.91 Å². The number of nitrogens with two attached hydrogens (primary N) is 1. The molecule has 3 heterocycles. The summed E-state index contributed by atoms with van der Waals surface area (Å²) in [5, 5.41) is 6.22. The molecule has 1 unspecified atom stereocenters. The van der Waals surface area contributed by atoms with Crippen LogP contribution in [0.4, 0.5) is 15.5 Å². The fraction of sp³-hybridized carbons (Fsp3) is 0.217. The van der Waals surface area contributed by atoms with Crippen molar-refractivity contribution in [3.05, 3.63) is 76.7 Å². The Bertz CT molecular complexity index is 1120. The quantitative estimate of drug-likeness (QED) is 0.495. The lowest BCUT2D eigenvalue weighted by Gasteiger charge is -2.22. The van der Waals surface area contributed by atoms with Crippen LogP contribution < -0.4 is 16.4 Å². The van der Waals surface area contributed by atoms with Gasteiger partial charge >= 0.3 is 6.09 Å². The number of carbonyl (C=O) groups excluding carboxylic acids is 2. The van der Waals surface area contributed by atoms with Gasteiger partial charge in [0.05, 0.1) is 5.69 Å². The molecule has 0 saturated carbocycles. The fourth-order valence-electron chi connectivity index (χ4n) is 3.44. The summed E-state index contributed by atoms with van der Waals surface area (Å²) in [5.41, 5.74) is 9.63. The highest BCUT2D eigenvalue weighted by atomic mass is 32.1.